The Hall–Kier alpha value is -2.50. The molecule has 3 rings (SSSR count). The highest BCUT2D eigenvalue weighted by molar-refractivity contribution is 5.85. The summed E-state index contributed by atoms with van der Waals surface area (Å²) in [5.74, 6) is 1.29. The number of nitrogens with zero attached hydrogens (tertiary/aromatic N) is 2. The van der Waals surface area contributed by atoms with Gasteiger partial charge in [-0.1, -0.05) is 60.8 Å². The number of hydrogen-bond acceptors (Lipinski definition) is 4. The highest BCUT2D eigenvalue weighted by Crippen LogP contribution is 2.41. The Morgan fingerprint density at radius 2 is 1.67 bits per heavy atom. The molecule has 1 saturated carbocycles. The number of aromatic nitrogens is 2. The molecule has 0 radical (unpaired) electrons. The van der Waals surface area contributed by atoms with E-state index in [0.29, 0.717) is 30.8 Å². The van der Waals surface area contributed by atoms with Crippen molar-refractivity contribution in [1.82, 2.24) is 9.97 Å². The van der Waals surface area contributed by atoms with Crippen LogP contribution in [0.25, 0.3) is 11.3 Å². The van der Waals surface area contributed by atoms with Gasteiger partial charge in [0.15, 0.2) is 0 Å². The van der Waals surface area contributed by atoms with Crippen LogP contribution in [0.2, 0.25) is 0 Å². The average molecular weight is 456 g/mol. The largest absolute Gasteiger partial charge is 0.507 e. The van der Waals surface area contributed by atoms with Crippen LogP contribution in [0, 0.1) is 5.92 Å². The monoisotopic (exact) mass is 455 g/mol. The summed E-state index contributed by atoms with van der Waals surface area (Å²) >= 11 is 0. The second kappa shape index (κ2) is 9.78. The molecule has 1 fully saturated rings. The minimum absolute atomic E-state index is 0.225. The van der Waals surface area contributed by atoms with Crippen LogP contribution in [-0.2, 0) is 15.6 Å². The predicted octanol–water partition coefficient (Wildman–Crippen LogP) is 6.92. The third kappa shape index (κ3) is 5.90. The number of H-pyrrole nitrogens is 1. The highest BCUT2D eigenvalue weighted by atomic mass is 16.6. The van der Waals surface area contributed by atoms with Crippen molar-refractivity contribution in [1.29, 1.82) is 0 Å². The number of imidazole rings is 1. The van der Waals surface area contributed by atoms with Crippen LogP contribution < -0.4 is 4.90 Å². The molecular formula is C27H41N3O3. The van der Waals surface area contributed by atoms with Crippen molar-refractivity contribution in [3.05, 3.63) is 29.5 Å². The first-order valence-corrected chi connectivity index (χ1v) is 12.3. The number of phenolic OH excluding ortho intramolecular Hbond substituents is 1. The van der Waals surface area contributed by atoms with Gasteiger partial charge in [-0.25, -0.2) is 14.7 Å². The maximum Gasteiger partial charge on any atom is 0.416 e. The van der Waals surface area contributed by atoms with E-state index in [0.717, 1.165) is 35.2 Å². The molecule has 0 spiro atoms. The Morgan fingerprint density at radius 3 is 2.18 bits per heavy atom. The van der Waals surface area contributed by atoms with Gasteiger partial charge in [0.25, 0.3) is 0 Å². The lowest BCUT2D eigenvalue weighted by Gasteiger charge is -2.28. The SMILES string of the molecule is CCN(C(=O)OCC1CCCCC1)c1nc(-c2cc(C(C)(C)C)c(O)c(C(C)(C)C)c2)c[nH]1. The third-order valence-corrected chi connectivity index (χ3v) is 6.55. The van der Waals surface area contributed by atoms with Crippen LogP contribution in [0.4, 0.5) is 10.7 Å². The van der Waals surface area contributed by atoms with Crippen LogP contribution in [0.15, 0.2) is 18.3 Å². The maximum absolute atomic E-state index is 12.8. The molecule has 1 heterocycles. The number of phenols is 1. The fourth-order valence-corrected chi connectivity index (χ4v) is 4.51. The summed E-state index contributed by atoms with van der Waals surface area (Å²) in [5.41, 5.74) is 2.97. The molecule has 2 N–H and O–H groups in total. The number of hydrogen-bond donors (Lipinski definition) is 2. The molecule has 6 heteroatoms. The van der Waals surface area contributed by atoms with Crippen LogP contribution in [0.3, 0.4) is 0 Å². The number of ether oxygens (including phenoxy) is 1. The molecular weight excluding hydrogens is 414 g/mol. The van der Waals surface area contributed by atoms with Crippen LogP contribution >= 0.6 is 0 Å². The Kier molecular flexibility index (Phi) is 7.45. The highest BCUT2D eigenvalue weighted by Gasteiger charge is 2.28. The van der Waals surface area contributed by atoms with E-state index in [2.05, 4.69) is 46.5 Å². The zero-order chi connectivity index (χ0) is 24.4. The molecule has 1 aromatic carbocycles. The lowest BCUT2D eigenvalue weighted by atomic mass is 9.78. The number of aromatic hydroxyl groups is 1. The molecule has 0 aliphatic heterocycles. The fraction of sp³-hybridized carbons (Fsp3) is 0.630. The second-order valence-electron chi connectivity index (χ2n) is 11.4. The normalized spacial score (nSPS) is 15.5. The summed E-state index contributed by atoms with van der Waals surface area (Å²) in [6.45, 7) is 15.4. The summed E-state index contributed by atoms with van der Waals surface area (Å²) in [6, 6.07) is 4.00. The molecule has 1 aliphatic rings. The lowest BCUT2D eigenvalue weighted by Crippen LogP contribution is -2.33. The number of nitrogens with one attached hydrogen (secondary N) is 1. The molecule has 182 valence electrons. The minimum atomic E-state index is -0.361. The fourth-order valence-electron chi connectivity index (χ4n) is 4.51. The van der Waals surface area contributed by atoms with Gasteiger partial charge in [0.1, 0.15) is 5.75 Å². The Morgan fingerprint density at radius 1 is 1.09 bits per heavy atom. The van der Waals surface area contributed by atoms with E-state index in [1.165, 1.54) is 19.3 Å². The van der Waals surface area contributed by atoms with Gasteiger partial charge in [0.05, 0.1) is 12.3 Å². The van der Waals surface area contributed by atoms with Crippen LogP contribution in [-0.4, -0.2) is 34.3 Å². The summed E-state index contributed by atoms with van der Waals surface area (Å²) in [6.07, 6.45) is 7.46. The van der Waals surface area contributed by atoms with E-state index in [-0.39, 0.29) is 16.9 Å². The number of benzene rings is 1. The minimum Gasteiger partial charge on any atom is -0.507 e. The van der Waals surface area contributed by atoms with E-state index < -0.39 is 0 Å². The Labute approximate surface area is 198 Å². The van der Waals surface area contributed by atoms with Crippen molar-refractivity contribution in [2.45, 2.75) is 91.4 Å². The zero-order valence-electron chi connectivity index (χ0n) is 21.4. The van der Waals surface area contributed by atoms with Gasteiger partial charge in [-0.2, -0.15) is 0 Å². The number of aromatic amines is 1. The number of carbonyl (C=O) groups excluding carboxylic acids is 1. The third-order valence-electron chi connectivity index (χ3n) is 6.55. The van der Waals surface area contributed by atoms with Gasteiger partial charge < -0.3 is 14.8 Å². The van der Waals surface area contributed by atoms with Gasteiger partial charge in [-0.05, 0) is 48.6 Å². The van der Waals surface area contributed by atoms with E-state index in [1.807, 2.05) is 25.3 Å². The molecule has 0 unspecified atom stereocenters. The first-order valence-electron chi connectivity index (χ1n) is 12.3. The summed E-state index contributed by atoms with van der Waals surface area (Å²) in [7, 11) is 0. The van der Waals surface area contributed by atoms with Gasteiger partial charge in [-0.3, -0.25) is 0 Å². The van der Waals surface area contributed by atoms with E-state index in [1.54, 1.807) is 4.90 Å². The maximum atomic E-state index is 12.8. The molecule has 0 bridgehead atoms. The van der Waals surface area contributed by atoms with E-state index >= 15 is 0 Å². The molecule has 2 aromatic rings. The van der Waals surface area contributed by atoms with Crippen molar-refractivity contribution < 1.29 is 14.6 Å². The van der Waals surface area contributed by atoms with Crippen LogP contribution in [0.1, 0.15) is 91.7 Å². The molecule has 1 amide bonds. The summed E-state index contributed by atoms with van der Waals surface area (Å²) < 4.78 is 5.64. The molecule has 6 nitrogen and oxygen atoms in total. The topological polar surface area (TPSA) is 78.5 Å². The molecule has 1 aliphatic carbocycles. The van der Waals surface area contributed by atoms with E-state index in [4.69, 9.17) is 9.72 Å². The smallest absolute Gasteiger partial charge is 0.416 e. The Bertz CT molecular complexity index is 925. The van der Waals surface area contributed by atoms with Gasteiger partial charge in [-0.15, -0.1) is 0 Å². The lowest BCUT2D eigenvalue weighted by molar-refractivity contribution is 0.122. The zero-order valence-corrected chi connectivity index (χ0v) is 21.4. The van der Waals surface area contributed by atoms with E-state index in [9.17, 15) is 9.90 Å². The summed E-state index contributed by atoms with van der Waals surface area (Å²) in [4.78, 5) is 22.2. The standard InChI is InChI=1S/C27H41N3O3/c1-8-30(25(32)33-17-18-12-10-9-11-13-18)24-28-16-22(29-24)19-14-20(26(2,3)4)23(31)21(15-19)27(5,6)7/h14-16,18,31H,8-13,17H2,1-7H3,(H,28,29). The second-order valence-corrected chi connectivity index (χ2v) is 11.4. The first-order chi connectivity index (χ1) is 15.4. The number of amides is 1. The quantitative estimate of drug-likeness (QED) is 0.513. The van der Waals surface area contributed by atoms with Crippen molar-refractivity contribution in [2.75, 3.05) is 18.1 Å². The molecule has 1 aromatic heterocycles. The number of carbonyl (C=O) groups is 1. The molecule has 33 heavy (non-hydrogen) atoms. The van der Waals surface area contributed by atoms with Gasteiger partial charge in [0.2, 0.25) is 5.95 Å². The number of anilines is 1. The summed E-state index contributed by atoms with van der Waals surface area (Å²) in [5, 5.41) is 11.0. The van der Waals surface area contributed by atoms with Crippen molar-refractivity contribution in [2.24, 2.45) is 5.92 Å². The van der Waals surface area contributed by atoms with Crippen molar-refractivity contribution >= 4 is 12.0 Å². The average Bonchev–Trinajstić information content (AvgIpc) is 3.22. The molecule has 0 atom stereocenters. The molecule has 0 saturated heterocycles. The predicted molar refractivity (Wildman–Crippen MR) is 134 cm³/mol. The van der Waals surface area contributed by atoms with Gasteiger partial charge in [0, 0.05) is 29.4 Å². The first kappa shape index (κ1) is 25.1. The van der Waals surface area contributed by atoms with Crippen molar-refractivity contribution in [3.63, 3.8) is 0 Å². The van der Waals surface area contributed by atoms with Gasteiger partial charge >= 0.3 is 6.09 Å². The van der Waals surface area contributed by atoms with Crippen molar-refractivity contribution in [3.8, 4) is 17.0 Å². The Balaban J connectivity index is 1.86. The number of rotatable bonds is 5. The van der Waals surface area contributed by atoms with Crippen LogP contribution in [0.5, 0.6) is 5.75 Å².